The molecule has 0 amide bonds. The first kappa shape index (κ1) is 18.5. The molecule has 4 nitrogen and oxygen atoms in total. The Kier molecular flexibility index (Phi) is 7.42. The van der Waals surface area contributed by atoms with Gasteiger partial charge in [0.2, 0.25) is 0 Å². The summed E-state index contributed by atoms with van der Waals surface area (Å²) in [5.41, 5.74) is 0.474. The Morgan fingerprint density at radius 1 is 1.14 bits per heavy atom. The monoisotopic (exact) mass is 332 g/mol. The van der Waals surface area contributed by atoms with Crippen molar-refractivity contribution in [2.75, 3.05) is 39.5 Å². The summed E-state index contributed by atoms with van der Waals surface area (Å²) in [5, 5.41) is 7.61. The fourth-order valence-corrected chi connectivity index (χ4v) is 4.39. The number of nitrogens with one attached hydrogen (secondary N) is 2. The fourth-order valence-electron chi connectivity index (χ4n) is 4.39. The number of hydrogen-bond donors (Lipinski definition) is 2. The van der Waals surface area contributed by atoms with E-state index < -0.39 is 0 Å². The van der Waals surface area contributed by atoms with Crippen molar-refractivity contribution in [1.82, 2.24) is 10.6 Å². The third kappa shape index (κ3) is 4.35. The van der Waals surface area contributed by atoms with E-state index >= 15 is 0 Å². The Hall–Kier alpha value is 0.130. The van der Waals surface area contributed by atoms with Crippen LogP contribution in [0, 0.1) is 11.3 Å². The maximum atomic E-state index is 5.67. The van der Waals surface area contributed by atoms with Crippen LogP contribution in [0.3, 0.4) is 0 Å². The fraction of sp³-hybridized carbons (Fsp3) is 1.00. The Labute approximate surface area is 141 Å². The van der Waals surface area contributed by atoms with E-state index in [9.17, 15) is 0 Å². The van der Waals surface area contributed by atoms with Crippen LogP contribution < -0.4 is 10.6 Å². The standard InChI is InChI=1S/C17H32N2O2.ClH/c1-2-17(6-9-20-10-7-17)13-19-15-5-3-4-14(15)16-12-21-11-8-18-16;/h14-16,18-19H,2-13H2,1H3;1H. The van der Waals surface area contributed by atoms with Crippen LogP contribution in [-0.2, 0) is 9.47 Å². The zero-order valence-electron chi connectivity index (χ0n) is 13.9. The van der Waals surface area contributed by atoms with Crippen molar-refractivity contribution >= 4 is 12.4 Å². The van der Waals surface area contributed by atoms with Crippen molar-refractivity contribution < 1.29 is 9.47 Å². The van der Waals surface area contributed by atoms with Gasteiger partial charge in [-0.2, -0.15) is 0 Å². The minimum atomic E-state index is 0. The highest BCUT2D eigenvalue weighted by Crippen LogP contribution is 2.35. The molecule has 22 heavy (non-hydrogen) atoms. The molecule has 2 N–H and O–H groups in total. The molecule has 3 unspecified atom stereocenters. The second-order valence-electron chi connectivity index (χ2n) is 7.18. The molecule has 1 aliphatic carbocycles. The van der Waals surface area contributed by atoms with Crippen LogP contribution in [0.4, 0.5) is 0 Å². The number of hydrogen-bond acceptors (Lipinski definition) is 4. The van der Waals surface area contributed by atoms with Crippen molar-refractivity contribution in [1.29, 1.82) is 0 Å². The summed E-state index contributed by atoms with van der Waals surface area (Å²) in [6.45, 7) is 8.19. The molecule has 0 aromatic rings. The topological polar surface area (TPSA) is 42.5 Å². The molecular weight excluding hydrogens is 300 g/mol. The third-order valence-corrected chi connectivity index (χ3v) is 6.08. The van der Waals surface area contributed by atoms with E-state index in [4.69, 9.17) is 9.47 Å². The smallest absolute Gasteiger partial charge is 0.0623 e. The van der Waals surface area contributed by atoms with Crippen LogP contribution >= 0.6 is 12.4 Å². The lowest BCUT2D eigenvalue weighted by molar-refractivity contribution is 0.00908. The van der Waals surface area contributed by atoms with Gasteiger partial charge in [-0.3, -0.25) is 0 Å². The average molecular weight is 333 g/mol. The molecule has 0 aromatic carbocycles. The van der Waals surface area contributed by atoms with Crippen LogP contribution in [0.2, 0.25) is 0 Å². The van der Waals surface area contributed by atoms with Gasteiger partial charge in [-0.25, -0.2) is 0 Å². The molecule has 0 aromatic heterocycles. The van der Waals surface area contributed by atoms with Crippen LogP contribution in [0.5, 0.6) is 0 Å². The zero-order valence-corrected chi connectivity index (χ0v) is 14.8. The number of ether oxygens (including phenoxy) is 2. The Bertz CT molecular complexity index is 318. The van der Waals surface area contributed by atoms with Gasteiger partial charge in [-0.1, -0.05) is 13.3 Å². The second-order valence-corrected chi connectivity index (χ2v) is 7.18. The largest absolute Gasteiger partial charge is 0.381 e. The average Bonchev–Trinajstić information content (AvgIpc) is 3.03. The van der Waals surface area contributed by atoms with Crippen molar-refractivity contribution in [3.63, 3.8) is 0 Å². The molecule has 3 aliphatic rings. The minimum absolute atomic E-state index is 0. The predicted octanol–water partition coefficient (Wildman–Crippen LogP) is 2.36. The second kappa shape index (κ2) is 8.84. The summed E-state index contributed by atoms with van der Waals surface area (Å²) in [5.74, 6) is 0.749. The number of rotatable bonds is 5. The highest BCUT2D eigenvalue weighted by molar-refractivity contribution is 5.85. The first-order valence-electron chi connectivity index (χ1n) is 8.95. The molecular formula is C17H33ClN2O2. The number of halogens is 1. The third-order valence-electron chi connectivity index (χ3n) is 6.08. The Balaban J connectivity index is 0.00000176. The molecule has 3 rings (SSSR count). The maximum Gasteiger partial charge on any atom is 0.0623 e. The maximum absolute atomic E-state index is 5.67. The molecule has 0 radical (unpaired) electrons. The molecule has 0 spiro atoms. The van der Waals surface area contributed by atoms with E-state index in [-0.39, 0.29) is 12.4 Å². The van der Waals surface area contributed by atoms with Crippen LogP contribution in [0.1, 0.15) is 45.4 Å². The normalized spacial score (nSPS) is 35.0. The molecule has 3 atom stereocenters. The van der Waals surface area contributed by atoms with Crippen LogP contribution in [-0.4, -0.2) is 51.6 Å². The van der Waals surface area contributed by atoms with Crippen molar-refractivity contribution in [3.05, 3.63) is 0 Å². The Morgan fingerprint density at radius 2 is 1.95 bits per heavy atom. The van der Waals surface area contributed by atoms with E-state index in [1.54, 1.807) is 0 Å². The van der Waals surface area contributed by atoms with Crippen molar-refractivity contribution in [2.24, 2.45) is 11.3 Å². The van der Waals surface area contributed by atoms with E-state index in [1.165, 1.54) is 45.1 Å². The number of morpholine rings is 1. The van der Waals surface area contributed by atoms with Gasteiger partial charge in [0.1, 0.15) is 0 Å². The van der Waals surface area contributed by atoms with E-state index in [0.29, 0.717) is 17.5 Å². The van der Waals surface area contributed by atoms with Gasteiger partial charge in [0.15, 0.2) is 0 Å². The highest BCUT2D eigenvalue weighted by Gasteiger charge is 2.37. The summed E-state index contributed by atoms with van der Waals surface area (Å²) in [6.07, 6.45) is 7.76. The van der Waals surface area contributed by atoms with Gasteiger partial charge in [-0.15, -0.1) is 12.4 Å². The van der Waals surface area contributed by atoms with Crippen molar-refractivity contribution in [3.8, 4) is 0 Å². The molecule has 2 aliphatic heterocycles. The lowest BCUT2D eigenvalue weighted by Crippen LogP contribution is -2.52. The molecule has 3 fully saturated rings. The summed E-state index contributed by atoms with van der Waals surface area (Å²) >= 11 is 0. The van der Waals surface area contributed by atoms with Gasteiger partial charge >= 0.3 is 0 Å². The highest BCUT2D eigenvalue weighted by atomic mass is 35.5. The lowest BCUT2D eigenvalue weighted by Gasteiger charge is -2.39. The molecule has 2 heterocycles. The van der Waals surface area contributed by atoms with Gasteiger partial charge < -0.3 is 20.1 Å². The predicted molar refractivity (Wildman–Crippen MR) is 91.8 cm³/mol. The molecule has 1 saturated carbocycles. The van der Waals surface area contributed by atoms with E-state index in [1.807, 2.05) is 0 Å². The van der Waals surface area contributed by atoms with E-state index in [0.717, 1.165) is 38.9 Å². The van der Waals surface area contributed by atoms with Crippen molar-refractivity contribution in [2.45, 2.75) is 57.5 Å². The summed E-state index contributed by atoms with van der Waals surface area (Å²) in [6, 6.07) is 1.24. The first-order chi connectivity index (χ1) is 10.3. The summed E-state index contributed by atoms with van der Waals surface area (Å²) in [7, 11) is 0. The summed E-state index contributed by atoms with van der Waals surface area (Å²) in [4.78, 5) is 0. The minimum Gasteiger partial charge on any atom is -0.381 e. The lowest BCUT2D eigenvalue weighted by atomic mass is 9.77. The SMILES string of the molecule is CCC1(CNC2CCCC2C2COCCN2)CCOCC1.Cl. The molecule has 0 bridgehead atoms. The van der Waals surface area contributed by atoms with Gasteiger partial charge in [0.25, 0.3) is 0 Å². The van der Waals surface area contributed by atoms with Gasteiger partial charge in [-0.05, 0) is 43.4 Å². The van der Waals surface area contributed by atoms with Gasteiger partial charge in [0.05, 0.1) is 13.2 Å². The molecule has 5 heteroatoms. The van der Waals surface area contributed by atoms with E-state index in [2.05, 4.69) is 17.6 Å². The molecule has 2 saturated heterocycles. The zero-order chi connectivity index (χ0) is 14.5. The molecule has 130 valence electrons. The quantitative estimate of drug-likeness (QED) is 0.811. The first-order valence-corrected chi connectivity index (χ1v) is 8.95. The Morgan fingerprint density at radius 3 is 2.64 bits per heavy atom. The van der Waals surface area contributed by atoms with Gasteiger partial charge in [0, 0.05) is 38.4 Å². The summed E-state index contributed by atoms with van der Waals surface area (Å²) < 4.78 is 11.2. The van der Waals surface area contributed by atoms with Crippen LogP contribution in [0.25, 0.3) is 0 Å². The van der Waals surface area contributed by atoms with Crippen LogP contribution in [0.15, 0.2) is 0 Å².